The summed E-state index contributed by atoms with van der Waals surface area (Å²) in [6.45, 7) is 4.56. The van der Waals surface area contributed by atoms with Gasteiger partial charge in [-0.25, -0.2) is 18.2 Å². The first-order valence-corrected chi connectivity index (χ1v) is 20.3. The number of rotatable bonds is 6. The second kappa shape index (κ2) is 14.2. The molecule has 1 aliphatic carbocycles. The number of ether oxygens (including phenoxy) is 3. The van der Waals surface area contributed by atoms with Crippen LogP contribution >= 0.6 is 40.0 Å². The van der Waals surface area contributed by atoms with Crippen LogP contribution in [0.15, 0.2) is 24.2 Å². The number of pyridine rings is 1. The molecule has 0 N–H and O–H groups in total. The van der Waals surface area contributed by atoms with Gasteiger partial charge in [0, 0.05) is 48.3 Å². The quantitative estimate of drug-likeness (QED) is 0.146. The van der Waals surface area contributed by atoms with Gasteiger partial charge in [-0.05, 0) is 90.2 Å². The molecule has 3 aliphatic heterocycles. The van der Waals surface area contributed by atoms with Gasteiger partial charge in [0.05, 0.1) is 45.2 Å². The summed E-state index contributed by atoms with van der Waals surface area (Å²) in [5.74, 6) is 0.429. The number of methoxy groups -OCH3 is 2. The molecule has 250 valence electrons. The van der Waals surface area contributed by atoms with E-state index in [9.17, 15) is 4.39 Å². The lowest BCUT2D eigenvalue weighted by atomic mass is 9.95. The fourth-order valence-electron chi connectivity index (χ4n) is 6.98. The maximum atomic E-state index is 16.6. The Labute approximate surface area is 291 Å². The smallest absolute Gasteiger partial charge is 0.318 e. The van der Waals surface area contributed by atoms with Gasteiger partial charge in [0.15, 0.2) is 5.82 Å². The summed E-state index contributed by atoms with van der Waals surface area (Å²) < 4.78 is 47.3. The normalized spacial score (nSPS) is 21.1. The van der Waals surface area contributed by atoms with E-state index in [0.29, 0.717) is 60.5 Å². The van der Waals surface area contributed by atoms with Crippen molar-refractivity contribution in [3.8, 4) is 23.1 Å². The van der Waals surface area contributed by atoms with Crippen LogP contribution in [0.1, 0.15) is 50.0 Å². The van der Waals surface area contributed by atoms with Gasteiger partial charge in [-0.3, -0.25) is 4.90 Å². The number of hydrogen-bond donors (Lipinski definition) is 0. The molecule has 8 rings (SSSR count). The maximum Gasteiger partial charge on any atom is 0.318 e. The van der Waals surface area contributed by atoms with Crippen molar-refractivity contribution in [3.05, 3.63) is 40.6 Å². The first-order valence-electron chi connectivity index (χ1n) is 15.9. The third-order valence-corrected chi connectivity index (χ3v) is 11.5. The van der Waals surface area contributed by atoms with E-state index < -0.39 is 5.82 Å². The highest BCUT2D eigenvalue weighted by atomic mass is 127. The Kier molecular flexibility index (Phi) is 9.98. The Morgan fingerprint density at radius 3 is 2.66 bits per heavy atom. The lowest BCUT2D eigenvalue weighted by molar-refractivity contribution is 0.152. The first kappa shape index (κ1) is 33.1. The van der Waals surface area contributed by atoms with Crippen molar-refractivity contribution < 1.29 is 23.0 Å². The van der Waals surface area contributed by atoms with Gasteiger partial charge in [-0.1, -0.05) is 11.6 Å². The van der Waals surface area contributed by atoms with Crippen LogP contribution < -0.4 is 14.4 Å². The van der Waals surface area contributed by atoms with Crippen molar-refractivity contribution in [2.24, 2.45) is 0 Å². The molecule has 0 amide bonds. The molecule has 4 fully saturated rings. The summed E-state index contributed by atoms with van der Waals surface area (Å²) >= 11 is 9.09. The summed E-state index contributed by atoms with van der Waals surface area (Å²) in [6.07, 6.45) is 9.29. The Morgan fingerprint density at radius 2 is 1.94 bits per heavy atom. The molecule has 47 heavy (non-hydrogen) atoms. The van der Waals surface area contributed by atoms with E-state index in [2.05, 4.69) is 42.0 Å². The fraction of sp³-hybridized carbons (Fsp3) is 0.500. The molecule has 0 radical (unpaired) electrons. The Morgan fingerprint density at radius 1 is 1.09 bits per heavy atom. The number of benzene rings is 1. The van der Waals surface area contributed by atoms with Gasteiger partial charge in [0.2, 0.25) is 5.88 Å². The molecule has 15 heteroatoms. The number of hydrogen-bond acceptors (Lipinski definition) is 9. The van der Waals surface area contributed by atoms with Crippen LogP contribution in [-0.4, -0.2) is 89.1 Å². The van der Waals surface area contributed by atoms with Crippen LogP contribution in [0.3, 0.4) is 0 Å². The van der Waals surface area contributed by atoms with Crippen LogP contribution in [0.4, 0.5) is 14.6 Å². The molecule has 1 saturated carbocycles. The highest BCUT2D eigenvalue weighted by molar-refractivity contribution is 14.2. The second-order valence-electron chi connectivity index (χ2n) is 12.2. The molecule has 2 atom stereocenters. The van der Waals surface area contributed by atoms with Crippen molar-refractivity contribution in [2.75, 3.05) is 58.5 Å². The average Bonchev–Trinajstić information content (AvgIpc) is 3.63. The van der Waals surface area contributed by atoms with Crippen LogP contribution in [0.5, 0.6) is 11.9 Å². The van der Waals surface area contributed by atoms with E-state index in [-0.39, 0.29) is 29.0 Å². The van der Waals surface area contributed by atoms with E-state index in [1.54, 1.807) is 6.20 Å². The van der Waals surface area contributed by atoms with Crippen molar-refractivity contribution in [3.63, 3.8) is 0 Å². The number of fused-ring (bicyclic) bond motifs is 3. The van der Waals surface area contributed by atoms with E-state index in [1.165, 1.54) is 33.6 Å². The van der Waals surface area contributed by atoms with Crippen molar-refractivity contribution in [1.82, 2.24) is 29.4 Å². The molecule has 6 heterocycles. The summed E-state index contributed by atoms with van der Waals surface area (Å²) in [5, 5.41) is 6.32. The van der Waals surface area contributed by atoms with Gasteiger partial charge >= 0.3 is 6.01 Å². The highest BCUT2D eigenvalue weighted by Gasteiger charge is 2.34. The first-order chi connectivity index (χ1) is 22.9. The topological polar surface area (TPSA) is 90.7 Å². The Balaban J connectivity index is 0.000000298. The van der Waals surface area contributed by atoms with Crippen LogP contribution in [0.2, 0.25) is 5.02 Å². The molecule has 4 aliphatic rings. The van der Waals surface area contributed by atoms with E-state index in [1.807, 2.05) is 15.4 Å². The minimum atomic E-state index is -0.570. The second-order valence-corrected chi connectivity index (χ2v) is 14.7. The summed E-state index contributed by atoms with van der Waals surface area (Å²) in [6, 6.07) is 2.68. The van der Waals surface area contributed by atoms with Crippen molar-refractivity contribution >= 4 is 67.6 Å². The molecule has 3 aromatic heterocycles. The van der Waals surface area contributed by atoms with Gasteiger partial charge in [-0.15, -0.1) is 0 Å². The monoisotopic (exact) mass is 797 g/mol. The Hall–Kier alpha value is -2.45. The third-order valence-electron chi connectivity index (χ3n) is 9.34. The zero-order valence-corrected chi connectivity index (χ0v) is 30.2. The van der Waals surface area contributed by atoms with Gasteiger partial charge in [0.25, 0.3) is 0 Å². The van der Waals surface area contributed by atoms with Crippen molar-refractivity contribution in [1.29, 1.82) is 0 Å². The zero-order valence-electron chi connectivity index (χ0n) is 26.2. The van der Waals surface area contributed by atoms with Crippen LogP contribution in [-0.2, 0) is 4.74 Å². The number of halogens is 4. The SMILES string of the molecule is COc1nc(N2CCCOCC2)c2c(OC)nc(-c3c(C4CC4)c(Cl)cc4c3cnn4PI)c(F)c2n1.F/C=C1/CC2CCCN2C1. The number of nitrogens with zero attached hydrogens (tertiary/aromatic N) is 7. The maximum absolute atomic E-state index is 16.6. The van der Waals surface area contributed by atoms with Crippen LogP contribution in [0.25, 0.3) is 33.1 Å². The average molecular weight is 798 g/mol. The molecule has 1 aromatic carbocycles. The number of aromatic nitrogens is 5. The molecular weight excluding hydrogens is 762 g/mol. The molecule has 0 bridgehead atoms. The molecule has 4 aromatic rings. The van der Waals surface area contributed by atoms with Gasteiger partial charge < -0.3 is 19.1 Å². The number of anilines is 1. The Bertz CT molecular complexity index is 1820. The van der Waals surface area contributed by atoms with Crippen LogP contribution in [0, 0.1) is 5.82 Å². The largest absolute Gasteiger partial charge is 0.480 e. The highest BCUT2D eigenvalue weighted by Crippen LogP contribution is 2.51. The lowest BCUT2D eigenvalue weighted by Gasteiger charge is -2.24. The van der Waals surface area contributed by atoms with E-state index >= 15 is 4.39 Å². The molecule has 0 spiro atoms. The third kappa shape index (κ3) is 6.38. The minimum Gasteiger partial charge on any atom is -0.480 e. The lowest BCUT2D eigenvalue weighted by Crippen LogP contribution is -2.27. The summed E-state index contributed by atoms with van der Waals surface area (Å²) in [4.78, 5) is 18.2. The summed E-state index contributed by atoms with van der Waals surface area (Å²) in [5.41, 5.74) is 3.59. The van der Waals surface area contributed by atoms with Crippen molar-refractivity contribution in [2.45, 2.75) is 50.5 Å². The van der Waals surface area contributed by atoms with Gasteiger partial charge in [-0.2, -0.15) is 15.1 Å². The molecular formula is C32H36ClF2IN7O3P. The molecule has 10 nitrogen and oxygen atoms in total. The fourth-order valence-corrected chi connectivity index (χ4v) is 8.86. The standard InChI is InChI=1S/C24H24ClFIN6O3P.C8H12FN/c1-34-23-18-21(30-24(35-2)31-22(18)32-6-3-8-36-9-7-32)19(26)20(29-23)17-13-11-28-33(37-27)15(13)10-14(25)16(17)12-4-5-12;9-5-7-4-8-2-1-3-10(8)6-7/h10-12,37H,3-9H2,1-2H3;5,8H,1-4,6H2/b;7-5-. The predicted octanol–water partition coefficient (Wildman–Crippen LogP) is 7.45. The van der Waals surface area contributed by atoms with E-state index in [4.69, 9.17) is 30.8 Å². The minimum absolute atomic E-state index is 0.0726. The zero-order chi connectivity index (χ0) is 32.7. The van der Waals surface area contributed by atoms with Gasteiger partial charge in [0.1, 0.15) is 22.4 Å². The summed E-state index contributed by atoms with van der Waals surface area (Å²) in [7, 11) is 2.99. The predicted molar refractivity (Wildman–Crippen MR) is 190 cm³/mol. The van der Waals surface area contributed by atoms with E-state index in [0.717, 1.165) is 60.6 Å². The molecule has 3 saturated heterocycles. The molecule has 2 unspecified atom stereocenters.